The summed E-state index contributed by atoms with van der Waals surface area (Å²) in [5, 5.41) is 2.61. The number of urea groups is 1. The molecule has 0 fully saturated rings. The second kappa shape index (κ2) is 4.99. The molecular formula is C13H11N3O. The van der Waals surface area contributed by atoms with Crippen molar-refractivity contribution in [1.82, 2.24) is 5.32 Å². The summed E-state index contributed by atoms with van der Waals surface area (Å²) in [6.45, 7) is 0.201. The van der Waals surface area contributed by atoms with Gasteiger partial charge in [-0.05, 0) is 6.07 Å². The van der Waals surface area contributed by atoms with E-state index in [1.54, 1.807) is 18.6 Å². The average molecular weight is 225 g/mol. The molecule has 0 bridgehead atoms. The number of nitrogens with one attached hydrogen (secondary N) is 1. The van der Waals surface area contributed by atoms with E-state index in [2.05, 4.69) is 16.2 Å². The van der Waals surface area contributed by atoms with E-state index in [-0.39, 0.29) is 12.6 Å². The lowest BCUT2D eigenvalue weighted by Gasteiger charge is -2.19. The lowest BCUT2D eigenvalue weighted by molar-refractivity contribution is 0.249. The van der Waals surface area contributed by atoms with Crippen molar-refractivity contribution in [3.8, 4) is 12.3 Å². The van der Waals surface area contributed by atoms with E-state index < -0.39 is 0 Å². The minimum Gasteiger partial charge on any atom is -0.326 e. The van der Waals surface area contributed by atoms with Crippen LogP contribution >= 0.6 is 0 Å². The van der Waals surface area contributed by atoms with Crippen molar-refractivity contribution in [2.45, 2.75) is 0 Å². The van der Waals surface area contributed by atoms with Crippen molar-refractivity contribution in [2.24, 2.45) is 4.99 Å². The van der Waals surface area contributed by atoms with Gasteiger partial charge in [0.2, 0.25) is 0 Å². The Bertz CT molecular complexity index is 526. The first-order chi connectivity index (χ1) is 8.33. The van der Waals surface area contributed by atoms with Gasteiger partial charge in [-0.15, -0.1) is 6.42 Å². The largest absolute Gasteiger partial charge is 0.326 e. The summed E-state index contributed by atoms with van der Waals surface area (Å²) in [5.41, 5.74) is 1.66. The van der Waals surface area contributed by atoms with Crippen LogP contribution in [0.2, 0.25) is 0 Å². The number of anilines is 1. The fourth-order valence-electron chi connectivity index (χ4n) is 1.51. The molecule has 2 rings (SSSR count). The molecule has 1 aliphatic rings. The average Bonchev–Trinajstić information content (AvgIpc) is 2.58. The zero-order valence-electron chi connectivity index (χ0n) is 9.13. The standard InChI is InChI=1S/C13H11N3O/c1-2-7-15-13(17)16-9-8-14-10-11-5-3-4-6-12(11)16/h1,3-6,8-10H,7H2,(H,15,17). The van der Waals surface area contributed by atoms with E-state index in [0.717, 1.165) is 11.3 Å². The minimum absolute atomic E-state index is 0.201. The highest BCUT2D eigenvalue weighted by molar-refractivity contribution is 6.00. The molecule has 0 aromatic heterocycles. The number of terminal acetylenes is 1. The van der Waals surface area contributed by atoms with Crippen molar-refractivity contribution in [3.05, 3.63) is 42.2 Å². The maximum Gasteiger partial charge on any atom is 0.326 e. The number of fused-ring (bicyclic) bond motifs is 1. The molecule has 0 atom stereocenters. The van der Waals surface area contributed by atoms with Crippen LogP contribution in [0.4, 0.5) is 10.5 Å². The molecule has 1 heterocycles. The number of carbonyl (C=O) groups excluding carboxylic acids is 1. The lowest BCUT2D eigenvalue weighted by Crippen LogP contribution is -2.37. The highest BCUT2D eigenvalue weighted by Crippen LogP contribution is 2.21. The second-order valence-corrected chi connectivity index (χ2v) is 3.37. The molecule has 0 radical (unpaired) electrons. The molecule has 0 saturated heterocycles. The molecule has 0 aliphatic carbocycles. The van der Waals surface area contributed by atoms with Gasteiger partial charge in [-0.2, -0.15) is 0 Å². The number of hydrogen-bond donors (Lipinski definition) is 1. The van der Waals surface area contributed by atoms with Crippen LogP contribution in [0.5, 0.6) is 0 Å². The predicted molar refractivity (Wildman–Crippen MR) is 67.9 cm³/mol. The molecule has 1 aromatic carbocycles. The predicted octanol–water partition coefficient (Wildman–Crippen LogP) is 1.74. The minimum atomic E-state index is -0.267. The second-order valence-electron chi connectivity index (χ2n) is 3.37. The molecule has 0 spiro atoms. The molecule has 4 heteroatoms. The molecule has 1 aliphatic heterocycles. The van der Waals surface area contributed by atoms with Gasteiger partial charge in [0.05, 0.1) is 12.2 Å². The molecule has 0 unspecified atom stereocenters. The molecule has 84 valence electrons. The SMILES string of the molecule is C#CCNC(=O)N1C=CN=Cc2ccccc21. The Morgan fingerprint density at radius 2 is 2.29 bits per heavy atom. The van der Waals surface area contributed by atoms with Crippen LogP contribution in [0.3, 0.4) is 0 Å². The van der Waals surface area contributed by atoms with Crippen molar-refractivity contribution >= 4 is 17.9 Å². The monoisotopic (exact) mass is 225 g/mol. The number of carbonyl (C=O) groups is 1. The first-order valence-electron chi connectivity index (χ1n) is 5.12. The molecule has 4 nitrogen and oxygen atoms in total. The maximum absolute atomic E-state index is 11.9. The molecule has 1 N–H and O–H groups in total. The molecule has 0 saturated carbocycles. The summed E-state index contributed by atoms with van der Waals surface area (Å²) in [5.74, 6) is 2.36. The molecular weight excluding hydrogens is 214 g/mol. The fourth-order valence-corrected chi connectivity index (χ4v) is 1.51. The number of benzene rings is 1. The van der Waals surface area contributed by atoms with Crippen LogP contribution in [-0.2, 0) is 0 Å². The Morgan fingerprint density at radius 3 is 3.12 bits per heavy atom. The van der Waals surface area contributed by atoms with E-state index >= 15 is 0 Å². The third-order valence-electron chi connectivity index (χ3n) is 2.27. The molecule has 1 aromatic rings. The zero-order chi connectivity index (χ0) is 12.1. The molecule has 17 heavy (non-hydrogen) atoms. The highest BCUT2D eigenvalue weighted by Gasteiger charge is 2.15. The van der Waals surface area contributed by atoms with Gasteiger partial charge in [-0.1, -0.05) is 24.1 Å². The third-order valence-corrected chi connectivity index (χ3v) is 2.27. The van der Waals surface area contributed by atoms with Gasteiger partial charge in [-0.3, -0.25) is 9.89 Å². The van der Waals surface area contributed by atoms with E-state index in [4.69, 9.17) is 6.42 Å². The maximum atomic E-state index is 11.9. The van der Waals surface area contributed by atoms with Gasteiger partial charge >= 0.3 is 6.03 Å². The highest BCUT2D eigenvalue weighted by atomic mass is 16.2. The zero-order valence-corrected chi connectivity index (χ0v) is 9.13. The van der Waals surface area contributed by atoms with Gasteiger partial charge < -0.3 is 5.32 Å². The first kappa shape index (κ1) is 11.0. The first-order valence-corrected chi connectivity index (χ1v) is 5.12. The Labute approximate surface area is 99.7 Å². The van der Waals surface area contributed by atoms with Crippen molar-refractivity contribution in [3.63, 3.8) is 0 Å². The van der Waals surface area contributed by atoms with Crippen LogP contribution in [-0.4, -0.2) is 18.8 Å². The quantitative estimate of drug-likeness (QED) is 0.727. The molecule has 2 amide bonds. The van der Waals surface area contributed by atoms with Gasteiger partial charge in [0.1, 0.15) is 0 Å². The normalized spacial score (nSPS) is 12.5. The van der Waals surface area contributed by atoms with Crippen LogP contribution < -0.4 is 10.2 Å². The summed E-state index contributed by atoms with van der Waals surface area (Å²) < 4.78 is 0. The number of aliphatic imine (C=N–C) groups is 1. The van der Waals surface area contributed by atoms with E-state index in [9.17, 15) is 4.79 Å². The number of para-hydroxylation sites is 1. The number of amides is 2. The number of nitrogens with zero attached hydrogens (tertiary/aromatic N) is 2. The summed E-state index contributed by atoms with van der Waals surface area (Å²) >= 11 is 0. The number of rotatable bonds is 1. The van der Waals surface area contributed by atoms with Gasteiger partial charge in [0, 0.05) is 24.2 Å². The Balaban J connectivity index is 2.31. The van der Waals surface area contributed by atoms with Crippen LogP contribution in [0.15, 0.2) is 41.7 Å². The Kier molecular flexibility index (Phi) is 3.22. The summed E-state index contributed by atoms with van der Waals surface area (Å²) in [6.07, 6.45) is 9.98. The lowest BCUT2D eigenvalue weighted by atomic mass is 10.2. The Hall–Kier alpha value is -2.54. The van der Waals surface area contributed by atoms with Crippen molar-refractivity contribution < 1.29 is 4.79 Å². The van der Waals surface area contributed by atoms with Crippen LogP contribution in [0.1, 0.15) is 5.56 Å². The third kappa shape index (κ3) is 2.34. The van der Waals surface area contributed by atoms with E-state index in [0.29, 0.717) is 0 Å². The van der Waals surface area contributed by atoms with E-state index in [1.165, 1.54) is 4.90 Å². The van der Waals surface area contributed by atoms with Crippen molar-refractivity contribution in [2.75, 3.05) is 11.4 Å². The van der Waals surface area contributed by atoms with Crippen molar-refractivity contribution in [1.29, 1.82) is 0 Å². The topological polar surface area (TPSA) is 44.7 Å². The smallest absolute Gasteiger partial charge is 0.326 e. The summed E-state index contributed by atoms with van der Waals surface area (Å²) in [4.78, 5) is 17.4. The van der Waals surface area contributed by atoms with E-state index in [1.807, 2.05) is 24.3 Å². The van der Waals surface area contributed by atoms with Gasteiger partial charge in [0.25, 0.3) is 0 Å². The summed E-state index contributed by atoms with van der Waals surface area (Å²) in [6, 6.07) is 7.25. The van der Waals surface area contributed by atoms with Crippen LogP contribution in [0, 0.1) is 12.3 Å². The van der Waals surface area contributed by atoms with Crippen LogP contribution in [0.25, 0.3) is 0 Å². The Morgan fingerprint density at radius 1 is 1.47 bits per heavy atom. The van der Waals surface area contributed by atoms with Gasteiger partial charge in [0.15, 0.2) is 0 Å². The number of hydrogen-bond acceptors (Lipinski definition) is 2. The fraction of sp³-hybridized carbons (Fsp3) is 0.0769. The van der Waals surface area contributed by atoms with Gasteiger partial charge in [-0.25, -0.2) is 4.79 Å². The summed E-state index contributed by atoms with van der Waals surface area (Å²) in [7, 11) is 0.